The molecule has 0 spiro atoms. The van der Waals surface area contributed by atoms with Crippen LogP contribution in [0.2, 0.25) is 0 Å². The first-order valence-corrected chi connectivity index (χ1v) is 12.2. The number of hydrogen-bond acceptors (Lipinski definition) is 6. The Labute approximate surface area is 204 Å². The number of carbonyl (C=O) groups is 1. The molecule has 34 heavy (non-hydrogen) atoms. The highest BCUT2D eigenvalue weighted by atomic mass is 79.9. The van der Waals surface area contributed by atoms with E-state index in [-0.39, 0.29) is 34.8 Å². The Morgan fingerprint density at radius 2 is 2.09 bits per heavy atom. The molecule has 1 amide bonds. The van der Waals surface area contributed by atoms with Crippen LogP contribution in [0.15, 0.2) is 29.1 Å². The minimum Gasteiger partial charge on any atom is -0.360 e. The number of anilines is 1. The standard InChI is InChI=1S/C24H24BrF2N5O2/c1-14-7-16-11-31(12-18(14)32(16)19-4-3-15(8-28)9-29-19)20(33)13-34-24(5-2-6-24)21-17(26)10-30-23(25)22(21)27/h3-4,9-10,14,16,18H,2,5-7,11-13H2,1H3/t14-,16?,18?/m0/s1. The van der Waals surface area contributed by atoms with Gasteiger partial charge in [0.15, 0.2) is 11.6 Å². The zero-order chi connectivity index (χ0) is 24.0. The first kappa shape index (κ1) is 23.1. The summed E-state index contributed by atoms with van der Waals surface area (Å²) >= 11 is 3.02. The summed E-state index contributed by atoms with van der Waals surface area (Å²) < 4.78 is 35.1. The fourth-order valence-electron chi connectivity index (χ4n) is 5.51. The molecule has 2 aliphatic heterocycles. The van der Waals surface area contributed by atoms with Crippen LogP contribution in [0.5, 0.6) is 0 Å². The summed E-state index contributed by atoms with van der Waals surface area (Å²) in [6.45, 7) is 2.99. The van der Waals surface area contributed by atoms with E-state index in [9.17, 15) is 13.6 Å². The average molecular weight is 532 g/mol. The predicted molar refractivity (Wildman–Crippen MR) is 123 cm³/mol. The molecule has 2 aromatic rings. The van der Waals surface area contributed by atoms with Crippen molar-refractivity contribution in [2.75, 3.05) is 24.6 Å². The molecule has 0 aromatic carbocycles. The molecule has 0 radical (unpaired) electrons. The summed E-state index contributed by atoms with van der Waals surface area (Å²) in [7, 11) is 0. The molecule has 2 unspecified atom stereocenters. The zero-order valence-electron chi connectivity index (χ0n) is 18.7. The Kier molecular flexibility index (Phi) is 6.02. The van der Waals surface area contributed by atoms with Gasteiger partial charge in [-0.25, -0.2) is 18.7 Å². The number of likely N-dealkylation sites (tertiary alicyclic amines) is 1. The Morgan fingerprint density at radius 1 is 1.29 bits per heavy atom. The fourth-order valence-corrected chi connectivity index (χ4v) is 5.81. The maximum absolute atomic E-state index is 14.7. The molecular formula is C24H24BrF2N5O2. The van der Waals surface area contributed by atoms with Crippen LogP contribution in [0, 0.1) is 28.9 Å². The third kappa shape index (κ3) is 3.85. The predicted octanol–water partition coefficient (Wildman–Crippen LogP) is 3.91. The summed E-state index contributed by atoms with van der Waals surface area (Å²) in [5.74, 6) is -0.539. The molecule has 10 heteroatoms. The normalized spacial score (nSPS) is 25.1. The first-order valence-electron chi connectivity index (χ1n) is 11.4. The molecule has 1 aliphatic carbocycles. The minimum atomic E-state index is -1.14. The second kappa shape index (κ2) is 8.86. The average Bonchev–Trinajstić information content (AvgIpc) is 3.01. The van der Waals surface area contributed by atoms with Gasteiger partial charge >= 0.3 is 0 Å². The van der Waals surface area contributed by atoms with Crippen LogP contribution >= 0.6 is 15.9 Å². The number of amides is 1. The number of pyridine rings is 2. The van der Waals surface area contributed by atoms with E-state index in [4.69, 9.17) is 10.00 Å². The Morgan fingerprint density at radius 3 is 2.71 bits per heavy atom. The van der Waals surface area contributed by atoms with Crippen LogP contribution in [-0.4, -0.2) is 52.6 Å². The van der Waals surface area contributed by atoms with Gasteiger partial charge in [-0.15, -0.1) is 0 Å². The first-order chi connectivity index (χ1) is 16.3. The van der Waals surface area contributed by atoms with E-state index in [1.807, 2.05) is 6.07 Å². The molecule has 178 valence electrons. The molecule has 3 atom stereocenters. The highest BCUT2D eigenvalue weighted by molar-refractivity contribution is 9.10. The molecule has 2 aromatic heterocycles. The summed E-state index contributed by atoms with van der Waals surface area (Å²) in [6.07, 6.45) is 5.14. The molecule has 5 rings (SSSR count). The number of ether oxygens (including phenoxy) is 1. The van der Waals surface area contributed by atoms with E-state index in [1.54, 1.807) is 17.2 Å². The quantitative estimate of drug-likeness (QED) is 0.544. The number of halogens is 3. The van der Waals surface area contributed by atoms with Crippen molar-refractivity contribution in [2.45, 2.75) is 50.3 Å². The number of fused-ring (bicyclic) bond motifs is 2. The lowest BCUT2D eigenvalue weighted by molar-refractivity contribution is -0.155. The lowest BCUT2D eigenvalue weighted by Crippen LogP contribution is -2.57. The van der Waals surface area contributed by atoms with Crippen LogP contribution in [0.4, 0.5) is 14.6 Å². The second-order valence-electron chi connectivity index (χ2n) is 9.38. The smallest absolute Gasteiger partial charge is 0.248 e. The summed E-state index contributed by atoms with van der Waals surface area (Å²) in [4.78, 5) is 25.3. The van der Waals surface area contributed by atoms with Crippen LogP contribution in [0.1, 0.15) is 43.7 Å². The number of hydrogen-bond donors (Lipinski definition) is 0. The molecule has 1 saturated carbocycles. The van der Waals surface area contributed by atoms with Crippen molar-refractivity contribution >= 4 is 27.7 Å². The van der Waals surface area contributed by atoms with Gasteiger partial charge < -0.3 is 14.5 Å². The van der Waals surface area contributed by atoms with E-state index >= 15 is 0 Å². The van der Waals surface area contributed by atoms with E-state index < -0.39 is 17.2 Å². The molecule has 4 heterocycles. The highest BCUT2D eigenvalue weighted by Crippen LogP contribution is 2.47. The highest BCUT2D eigenvalue weighted by Gasteiger charge is 2.48. The van der Waals surface area contributed by atoms with E-state index in [0.29, 0.717) is 37.4 Å². The molecular weight excluding hydrogens is 508 g/mol. The van der Waals surface area contributed by atoms with E-state index in [1.165, 1.54) is 0 Å². The van der Waals surface area contributed by atoms with Crippen molar-refractivity contribution in [3.8, 4) is 6.07 Å². The van der Waals surface area contributed by atoms with Crippen LogP contribution < -0.4 is 4.90 Å². The third-order valence-corrected chi connectivity index (χ3v) is 7.96. The number of nitriles is 1. The van der Waals surface area contributed by atoms with E-state index in [0.717, 1.165) is 24.9 Å². The molecule has 3 fully saturated rings. The number of rotatable bonds is 5. The molecule has 3 aliphatic rings. The Hall–Kier alpha value is -2.64. The molecule has 0 N–H and O–H groups in total. The van der Waals surface area contributed by atoms with Crippen LogP contribution in [-0.2, 0) is 15.1 Å². The largest absolute Gasteiger partial charge is 0.360 e. The summed E-state index contributed by atoms with van der Waals surface area (Å²) in [6, 6.07) is 5.91. The van der Waals surface area contributed by atoms with Gasteiger partial charge in [-0.2, -0.15) is 5.26 Å². The van der Waals surface area contributed by atoms with Gasteiger partial charge in [0.05, 0.1) is 29.0 Å². The van der Waals surface area contributed by atoms with Gasteiger partial charge in [0.1, 0.15) is 23.1 Å². The van der Waals surface area contributed by atoms with Gasteiger partial charge in [-0.1, -0.05) is 6.92 Å². The monoisotopic (exact) mass is 531 g/mol. The van der Waals surface area contributed by atoms with Gasteiger partial charge in [-0.3, -0.25) is 4.79 Å². The second-order valence-corrected chi connectivity index (χ2v) is 10.1. The lowest BCUT2D eigenvalue weighted by atomic mass is 9.74. The number of nitrogens with zero attached hydrogens (tertiary/aromatic N) is 5. The third-order valence-electron chi connectivity index (χ3n) is 7.40. The van der Waals surface area contributed by atoms with Gasteiger partial charge in [0, 0.05) is 25.3 Å². The number of carbonyl (C=O) groups excluding carboxylic acids is 1. The number of piperazine rings is 1. The Bertz CT molecular complexity index is 1150. The van der Waals surface area contributed by atoms with Crippen molar-refractivity contribution in [1.29, 1.82) is 5.26 Å². The van der Waals surface area contributed by atoms with Crippen molar-refractivity contribution in [1.82, 2.24) is 14.9 Å². The number of aromatic nitrogens is 2. The Balaban J connectivity index is 1.29. The van der Waals surface area contributed by atoms with Crippen molar-refractivity contribution in [2.24, 2.45) is 5.92 Å². The summed E-state index contributed by atoms with van der Waals surface area (Å²) in [5, 5.41) is 9.03. The zero-order valence-corrected chi connectivity index (χ0v) is 20.3. The van der Waals surface area contributed by atoms with Gasteiger partial charge in [0.2, 0.25) is 5.91 Å². The maximum Gasteiger partial charge on any atom is 0.248 e. The fraction of sp³-hybridized carbons (Fsp3) is 0.500. The molecule has 2 bridgehead atoms. The molecule has 2 saturated heterocycles. The summed E-state index contributed by atoms with van der Waals surface area (Å²) in [5.41, 5.74) is -0.788. The lowest BCUT2D eigenvalue weighted by Gasteiger charge is -2.44. The maximum atomic E-state index is 14.7. The van der Waals surface area contributed by atoms with Gasteiger partial charge in [0.25, 0.3) is 0 Å². The minimum absolute atomic E-state index is 0.0665. The van der Waals surface area contributed by atoms with Crippen molar-refractivity contribution < 1.29 is 18.3 Å². The SMILES string of the molecule is C[C@H]1CC2CN(C(=O)COC3(c4c(F)cnc(Br)c4F)CCC3)CC1N2c1ccc(C#N)cn1. The molecule has 7 nitrogen and oxygen atoms in total. The van der Waals surface area contributed by atoms with Crippen LogP contribution in [0.3, 0.4) is 0 Å². The van der Waals surface area contributed by atoms with Gasteiger partial charge in [-0.05, 0) is 59.7 Å². The van der Waals surface area contributed by atoms with Crippen LogP contribution in [0.25, 0.3) is 0 Å². The van der Waals surface area contributed by atoms with Crippen molar-refractivity contribution in [3.63, 3.8) is 0 Å². The topological polar surface area (TPSA) is 82.4 Å². The van der Waals surface area contributed by atoms with E-state index in [2.05, 4.69) is 43.8 Å². The van der Waals surface area contributed by atoms with Crippen molar-refractivity contribution in [3.05, 3.63) is 51.9 Å².